The van der Waals surface area contributed by atoms with Gasteiger partial charge in [-0.1, -0.05) is 36.4 Å². The number of aliphatic imine (C=N–C) groups is 2. The molecule has 0 aromatic heterocycles. The highest BCUT2D eigenvalue weighted by atomic mass is 16.5. The molecular weight excluding hydrogens is 296 g/mol. The zero-order valence-electron chi connectivity index (χ0n) is 15.0. The largest absolute Gasteiger partial charge is 0.494 e. The fourth-order valence-electron chi connectivity index (χ4n) is 3.20. The molecule has 1 aliphatic heterocycles. The van der Waals surface area contributed by atoms with Crippen molar-refractivity contribution in [1.29, 1.82) is 0 Å². The third-order valence-electron chi connectivity index (χ3n) is 4.30. The first-order valence-electron chi connectivity index (χ1n) is 8.30. The Morgan fingerprint density at radius 1 is 1.12 bits per heavy atom. The van der Waals surface area contributed by atoms with Gasteiger partial charge in [-0.25, -0.2) is 0 Å². The highest BCUT2D eigenvalue weighted by Crippen LogP contribution is 2.32. The summed E-state index contributed by atoms with van der Waals surface area (Å²) in [5.41, 5.74) is 5.16. The third-order valence-corrected chi connectivity index (χ3v) is 4.30. The lowest BCUT2D eigenvalue weighted by Crippen LogP contribution is -2.27. The van der Waals surface area contributed by atoms with Gasteiger partial charge in [0.2, 0.25) is 0 Å². The van der Waals surface area contributed by atoms with E-state index in [0.717, 1.165) is 22.8 Å². The molecule has 1 unspecified atom stereocenters. The average molecular weight is 320 g/mol. The maximum absolute atomic E-state index is 5.60. The van der Waals surface area contributed by atoms with Crippen molar-refractivity contribution >= 4 is 11.4 Å². The molecule has 124 valence electrons. The van der Waals surface area contributed by atoms with Crippen LogP contribution in [0.25, 0.3) is 0 Å². The quantitative estimate of drug-likeness (QED) is 0.734. The molecule has 0 saturated heterocycles. The smallest absolute Gasteiger partial charge is 0.146 e. The van der Waals surface area contributed by atoms with Crippen LogP contribution in [0.5, 0.6) is 0 Å². The summed E-state index contributed by atoms with van der Waals surface area (Å²) >= 11 is 0. The summed E-state index contributed by atoms with van der Waals surface area (Å²) in [4.78, 5) is 9.70. The Morgan fingerprint density at radius 3 is 2.50 bits per heavy atom. The Kier molecular flexibility index (Phi) is 4.27. The first kappa shape index (κ1) is 16.4. The summed E-state index contributed by atoms with van der Waals surface area (Å²) in [6, 6.07) is 10.4. The fraction of sp³-hybridized carbons (Fsp3) is 0.333. The van der Waals surface area contributed by atoms with E-state index in [9.17, 15) is 0 Å². The van der Waals surface area contributed by atoms with Crippen molar-refractivity contribution in [1.82, 2.24) is 0 Å². The molecule has 3 rings (SSSR count). The van der Waals surface area contributed by atoms with Crippen LogP contribution in [0.3, 0.4) is 0 Å². The Balaban J connectivity index is 2.01. The molecule has 0 bridgehead atoms. The van der Waals surface area contributed by atoms with Crippen LogP contribution in [-0.2, 0) is 4.74 Å². The lowest BCUT2D eigenvalue weighted by Gasteiger charge is -2.29. The van der Waals surface area contributed by atoms with Crippen LogP contribution in [0, 0.1) is 0 Å². The minimum absolute atomic E-state index is 0.0928. The molecule has 1 aliphatic carbocycles. The number of allylic oxidation sites excluding steroid dienone is 4. The number of nitrogens with zero attached hydrogens (tertiary/aromatic N) is 2. The number of dihydropyridines is 1. The molecule has 0 radical (unpaired) electrons. The normalized spacial score (nSPS) is 22.0. The van der Waals surface area contributed by atoms with Gasteiger partial charge in [-0.05, 0) is 44.9 Å². The molecule has 1 atom stereocenters. The summed E-state index contributed by atoms with van der Waals surface area (Å²) in [7, 11) is 1.69. The lowest BCUT2D eigenvalue weighted by molar-refractivity contribution is 0.314. The Labute approximate surface area is 144 Å². The van der Waals surface area contributed by atoms with Crippen molar-refractivity contribution in [2.45, 2.75) is 39.3 Å². The van der Waals surface area contributed by atoms with E-state index in [-0.39, 0.29) is 11.6 Å². The summed E-state index contributed by atoms with van der Waals surface area (Å²) in [5, 5.41) is 0. The minimum Gasteiger partial charge on any atom is -0.494 e. The van der Waals surface area contributed by atoms with Crippen LogP contribution < -0.4 is 0 Å². The van der Waals surface area contributed by atoms with Gasteiger partial charge in [-0.3, -0.25) is 9.98 Å². The van der Waals surface area contributed by atoms with Crippen molar-refractivity contribution in [3.63, 3.8) is 0 Å². The van der Waals surface area contributed by atoms with Gasteiger partial charge in [0, 0.05) is 11.6 Å². The van der Waals surface area contributed by atoms with E-state index >= 15 is 0 Å². The Hall–Kier alpha value is -2.42. The van der Waals surface area contributed by atoms with Gasteiger partial charge in [0.15, 0.2) is 0 Å². The van der Waals surface area contributed by atoms with E-state index in [1.165, 1.54) is 11.1 Å². The summed E-state index contributed by atoms with van der Waals surface area (Å²) in [6.45, 7) is 8.44. The van der Waals surface area contributed by atoms with Gasteiger partial charge in [-0.15, -0.1) is 0 Å². The van der Waals surface area contributed by atoms with Crippen LogP contribution in [0.15, 0.2) is 75.5 Å². The highest BCUT2D eigenvalue weighted by molar-refractivity contribution is 6.25. The van der Waals surface area contributed by atoms with Crippen LogP contribution in [0.2, 0.25) is 0 Å². The van der Waals surface area contributed by atoms with Gasteiger partial charge < -0.3 is 4.74 Å². The molecular formula is C21H24N2O. The first-order chi connectivity index (χ1) is 11.4. The Morgan fingerprint density at radius 2 is 1.83 bits per heavy atom. The molecule has 24 heavy (non-hydrogen) atoms. The van der Waals surface area contributed by atoms with Crippen LogP contribution in [0.1, 0.15) is 39.3 Å². The number of methoxy groups -OCH3 is 1. The monoisotopic (exact) mass is 320 g/mol. The summed E-state index contributed by atoms with van der Waals surface area (Å²) < 4.78 is 5.60. The van der Waals surface area contributed by atoms with E-state index in [1.807, 2.05) is 24.3 Å². The number of benzene rings is 1. The van der Waals surface area contributed by atoms with Crippen molar-refractivity contribution in [2.24, 2.45) is 9.98 Å². The van der Waals surface area contributed by atoms with E-state index in [1.54, 1.807) is 7.11 Å². The number of rotatable bonds is 3. The van der Waals surface area contributed by atoms with Crippen molar-refractivity contribution in [3.05, 3.63) is 71.0 Å². The molecule has 1 aromatic rings. The van der Waals surface area contributed by atoms with Gasteiger partial charge in [0.05, 0.1) is 24.4 Å². The standard InChI is InChI=1S/C21H24N2O/c1-14-13-21(3,4)23-20-18(14)11-17(12-19(20)24-5)22-15(2)16-9-7-6-8-10-16/h6-13,15H,1-5H3. The van der Waals surface area contributed by atoms with Crippen molar-refractivity contribution in [2.75, 3.05) is 7.11 Å². The molecule has 0 spiro atoms. The van der Waals surface area contributed by atoms with Crippen LogP contribution in [0.4, 0.5) is 0 Å². The third kappa shape index (κ3) is 3.25. The second-order valence-electron chi connectivity index (χ2n) is 6.85. The van der Waals surface area contributed by atoms with E-state index < -0.39 is 0 Å². The van der Waals surface area contributed by atoms with Crippen molar-refractivity contribution in [3.8, 4) is 0 Å². The number of fused-ring (bicyclic) bond motifs is 1. The van der Waals surface area contributed by atoms with Gasteiger partial charge in [-0.2, -0.15) is 0 Å². The predicted octanol–water partition coefficient (Wildman–Crippen LogP) is 4.84. The van der Waals surface area contributed by atoms with Crippen molar-refractivity contribution < 1.29 is 4.74 Å². The molecule has 2 aliphatic rings. The lowest BCUT2D eigenvalue weighted by atomic mass is 9.87. The fourth-order valence-corrected chi connectivity index (χ4v) is 3.20. The maximum Gasteiger partial charge on any atom is 0.146 e. The second-order valence-corrected chi connectivity index (χ2v) is 6.85. The zero-order valence-corrected chi connectivity index (χ0v) is 15.0. The van der Waals surface area contributed by atoms with E-state index in [2.05, 4.69) is 52.0 Å². The number of hydrogen-bond acceptors (Lipinski definition) is 3. The molecule has 3 heteroatoms. The SMILES string of the molecule is COC1=CC(=NC(C)c2ccccc2)C=C2C(C)=CC(C)(C)N=C12. The maximum atomic E-state index is 5.60. The molecule has 0 fully saturated rings. The van der Waals surface area contributed by atoms with E-state index in [4.69, 9.17) is 14.7 Å². The molecule has 0 amide bonds. The van der Waals surface area contributed by atoms with Gasteiger partial charge >= 0.3 is 0 Å². The summed E-state index contributed by atoms with van der Waals surface area (Å²) in [5.74, 6) is 0.784. The summed E-state index contributed by atoms with van der Waals surface area (Å²) in [6.07, 6.45) is 6.29. The molecule has 1 heterocycles. The van der Waals surface area contributed by atoms with Gasteiger partial charge in [0.1, 0.15) is 11.5 Å². The molecule has 0 saturated carbocycles. The number of hydrogen-bond donors (Lipinski definition) is 0. The minimum atomic E-state index is -0.208. The molecule has 3 nitrogen and oxygen atoms in total. The number of ether oxygens (including phenoxy) is 1. The predicted molar refractivity (Wildman–Crippen MR) is 101 cm³/mol. The highest BCUT2D eigenvalue weighted by Gasteiger charge is 2.29. The van der Waals surface area contributed by atoms with Gasteiger partial charge in [0.25, 0.3) is 0 Å². The van der Waals surface area contributed by atoms with Crippen LogP contribution >= 0.6 is 0 Å². The first-order valence-corrected chi connectivity index (χ1v) is 8.30. The topological polar surface area (TPSA) is 34.0 Å². The zero-order chi connectivity index (χ0) is 17.3. The van der Waals surface area contributed by atoms with Crippen LogP contribution in [-0.4, -0.2) is 24.1 Å². The molecule has 0 N–H and O–H groups in total. The second kappa shape index (κ2) is 6.23. The molecule has 1 aromatic carbocycles. The average Bonchev–Trinajstić information content (AvgIpc) is 2.55. The van der Waals surface area contributed by atoms with E-state index in [0.29, 0.717) is 0 Å². The Bertz CT molecular complexity index is 792.